The Morgan fingerprint density at radius 1 is 0.870 bits per heavy atom. The Labute approximate surface area is 138 Å². The van der Waals surface area contributed by atoms with E-state index in [4.69, 9.17) is 4.74 Å². The van der Waals surface area contributed by atoms with Gasteiger partial charge in [-0.2, -0.15) is 0 Å². The molecular weight excluding hydrogens is 286 g/mol. The molecule has 0 aromatic heterocycles. The third-order valence-electron chi connectivity index (χ3n) is 3.85. The Bertz CT molecular complexity index is 613. The van der Waals surface area contributed by atoms with Gasteiger partial charge >= 0.3 is 0 Å². The summed E-state index contributed by atoms with van der Waals surface area (Å²) in [6, 6.07) is 15.2. The van der Waals surface area contributed by atoms with Crippen LogP contribution in [0.1, 0.15) is 43.1 Å². The van der Waals surface area contributed by atoms with Crippen LogP contribution in [-0.2, 0) is 0 Å². The molecule has 0 aliphatic rings. The smallest absolute Gasteiger partial charge is 0.193 e. The van der Waals surface area contributed by atoms with Gasteiger partial charge < -0.3 is 9.64 Å². The van der Waals surface area contributed by atoms with Gasteiger partial charge in [-0.3, -0.25) is 4.79 Å². The number of rotatable bonds is 8. The third-order valence-corrected chi connectivity index (χ3v) is 3.85. The average molecular weight is 311 g/mol. The Morgan fingerprint density at radius 2 is 1.39 bits per heavy atom. The van der Waals surface area contributed by atoms with Crippen LogP contribution in [0.3, 0.4) is 0 Å². The summed E-state index contributed by atoms with van der Waals surface area (Å²) in [5.74, 6) is 0.846. The minimum absolute atomic E-state index is 0.0399. The van der Waals surface area contributed by atoms with Gasteiger partial charge in [0.2, 0.25) is 0 Å². The molecule has 0 amide bonds. The highest BCUT2D eigenvalue weighted by atomic mass is 16.5. The van der Waals surface area contributed by atoms with Crippen molar-refractivity contribution < 1.29 is 9.53 Å². The zero-order valence-electron chi connectivity index (χ0n) is 14.2. The van der Waals surface area contributed by atoms with Gasteiger partial charge in [0.05, 0.1) is 6.61 Å². The maximum absolute atomic E-state index is 12.5. The first-order valence-electron chi connectivity index (χ1n) is 8.32. The monoisotopic (exact) mass is 311 g/mol. The first kappa shape index (κ1) is 17.1. The van der Waals surface area contributed by atoms with Gasteiger partial charge in [0.25, 0.3) is 0 Å². The molecule has 0 unspecified atom stereocenters. The molecule has 0 radical (unpaired) electrons. The van der Waals surface area contributed by atoms with Gasteiger partial charge in [0, 0.05) is 29.9 Å². The highest BCUT2D eigenvalue weighted by molar-refractivity contribution is 6.09. The standard InChI is InChI=1S/C20H25NO2/c1-4-15-23-19-13-9-17(10-14-19)20(22)16-7-11-18(12-8-16)21(5-2)6-3/h7-14H,4-6,15H2,1-3H3. The minimum Gasteiger partial charge on any atom is -0.494 e. The van der Waals surface area contributed by atoms with Gasteiger partial charge in [0.1, 0.15) is 5.75 Å². The van der Waals surface area contributed by atoms with E-state index in [1.807, 2.05) is 48.5 Å². The zero-order chi connectivity index (χ0) is 16.7. The van der Waals surface area contributed by atoms with Crippen molar-refractivity contribution in [1.82, 2.24) is 0 Å². The lowest BCUT2D eigenvalue weighted by molar-refractivity contribution is 0.103. The Kier molecular flexibility index (Phi) is 6.21. The van der Waals surface area contributed by atoms with Crippen LogP contribution in [0.5, 0.6) is 5.75 Å². The van der Waals surface area contributed by atoms with Crippen molar-refractivity contribution in [2.45, 2.75) is 27.2 Å². The molecule has 2 aromatic rings. The molecule has 3 heteroatoms. The summed E-state index contributed by atoms with van der Waals surface area (Å²) >= 11 is 0. The van der Waals surface area contributed by atoms with E-state index in [1.54, 1.807) is 0 Å². The molecule has 3 nitrogen and oxygen atoms in total. The van der Waals surface area contributed by atoms with Crippen molar-refractivity contribution >= 4 is 11.5 Å². The van der Waals surface area contributed by atoms with Crippen LogP contribution >= 0.6 is 0 Å². The van der Waals surface area contributed by atoms with E-state index >= 15 is 0 Å². The van der Waals surface area contributed by atoms with Gasteiger partial charge in [-0.1, -0.05) is 6.92 Å². The number of ketones is 1. The van der Waals surface area contributed by atoms with Crippen molar-refractivity contribution in [3.63, 3.8) is 0 Å². The van der Waals surface area contributed by atoms with Gasteiger partial charge in [0.15, 0.2) is 5.78 Å². The summed E-state index contributed by atoms with van der Waals surface area (Å²) in [5, 5.41) is 0. The molecule has 0 spiro atoms. The van der Waals surface area contributed by atoms with Crippen LogP contribution in [0.2, 0.25) is 0 Å². The van der Waals surface area contributed by atoms with E-state index in [0.29, 0.717) is 17.7 Å². The molecule has 0 saturated carbocycles. The topological polar surface area (TPSA) is 29.5 Å². The summed E-state index contributed by atoms with van der Waals surface area (Å²) in [4.78, 5) is 14.8. The van der Waals surface area contributed by atoms with E-state index in [2.05, 4.69) is 25.7 Å². The highest BCUT2D eigenvalue weighted by Gasteiger charge is 2.10. The minimum atomic E-state index is 0.0399. The van der Waals surface area contributed by atoms with Crippen LogP contribution in [-0.4, -0.2) is 25.5 Å². The maximum atomic E-state index is 12.5. The largest absolute Gasteiger partial charge is 0.494 e. The predicted octanol–water partition coefficient (Wildman–Crippen LogP) is 4.55. The molecule has 122 valence electrons. The molecule has 0 fully saturated rings. The number of carbonyl (C=O) groups is 1. The molecule has 0 saturated heterocycles. The van der Waals surface area contributed by atoms with Gasteiger partial charge in [-0.15, -0.1) is 0 Å². The van der Waals surface area contributed by atoms with Crippen LogP contribution in [0.15, 0.2) is 48.5 Å². The molecular formula is C20H25NO2. The number of ether oxygens (including phenoxy) is 1. The zero-order valence-corrected chi connectivity index (χ0v) is 14.2. The second-order valence-corrected chi connectivity index (χ2v) is 5.42. The fraction of sp³-hybridized carbons (Fsp3) is 0.350. The summed E-state index contributed by atoms with van der Waals surface area (Å²) in [6.07, 6.45) is 0.972. The fourth-order valence-electron chi connectivity index (χ4n) is 2.50. The summed E-state index contributed by atoms with van der Waals surface area (Å²) in [5.41, 5.74) is 2.54. The fourth-order valence-corrected chi connectivity index (χ4v) is 2.50. The van der Waals surface area contributed by atoms with Crippen molar-refractivity contribution in [1.29, 1.82) is 0 Å². The normalized spacial score (nSPS) is 10.4. The van der Waals surface area contributed by atoms with Crippen molar-refractivity contribution in [2.75, 3.05) is 24.6 Å². The molecule has 0 atom stereocenters. The summed E-state index contributed by atoms with van der Waals surface area (Å²) < 4.78 is 5.55. The van der Waals surface area contributed by atoms with Crippen LogP contribution in [0.4, 0.5) is 5.69 Å². The number of hydrogen-bond acceptors (Lipinski definition) is 3. The van der Waals surface area contributed by atoms with Gasteiger partial charge in [-0.05, 0) is 68.8 Å². The summed E-state index contributed by atoms with van der Waals surface area (Å²) in [6.45, 7) is 8.95. The van der Waals surface area contributed by atoms with E-state index < -0.39 is 0 Å². The molecule has 0 N–H and O–H groups in total. The van der Waals surface area contributed by atoms with Crippen LogP contribution in [0.25, 0.3) is 0 Å². The van der Waals surface area contributed by atoms with Crippen LogP contribution < -0.4 is 9.64 Å². The lowest BCUT2D eigenvalue weighted by atomic mass is 10.0. The van der Waals surface area contributed by atoms with Crippen molar-refractivity contribution in [3.05, 3.63) is 59.7 Å². The quantitative estimate of drug-likeness (QED) is 0.670. The van der Waals surface area contributed by atoms with E-state index in [1.165, 1.54) is 0 Å². The number of hydrogen-bond donors (Lipinski definition) is 0. The Morgan fingerprint density at radius 3 is 1.87 bits per heavy atom. The lowest BCUT2D eigenvalue weighted by Gasteiger charge is -2.21. The molecule has 0 aliphatic heterocycles. The van der Waals surface area contributed by atoms with E-state index in [9.17, 15) is 4.79 Å². The molecule has 2 aromatic carbocycles. The third kappa shape index (κ3) is 4.35. The van der Waals surface area contributed by atoms with E-state index in [0.717, 1.165) is 30.9 Å². The SMILES string of the molecule is CCCOc1ccc(C(=O)c2ccc(N(CC)CC)cc2)cc1. The Balaban J connectivity index is 2.10. The maximum Gasteiger partial charge on any atom is 0.193 e. The molecule has 0 heterocycles. The molecule has 2 rings (SSSR count). The molecule has 0 bridgehead atoms. The molecule has 0 aliphatic carbocycles. The predicted molar refractivity (Wildman–Crippen MR) is 95.7 cm³/mol. The number of nitrogens with zero attached hydrogens (tertiary/aromatic N) is 1. The van der Waals surface area contributed by atoms with Gasteiger partial charge in [-0.25, -0.2) is 0 Å². The second-order valence-electron chi connectivity index (χ2n) is 5.42. The lowest BCUT2D eigenvalue weighted by Crippen LogP contribution is -2.21. The number of carbonyl (C=O) groups excluding carboxylic acids is 1. The average Bonchev–Trinajstić information content (AvgIpc) is 2.61. The molecule has 23 heavy (non-hydrogen) atoms. The second kappa shape index (κ2) is 8.37. The number of anilines is 1. The highest BCUT2D eigenvalue weighted by Crippen LogP contribution is 2.19. The van der Waals surface area contributed by atoms with E-state index in [-0.39, 0.29) is 5.78 Å². The van der Waals surface area contributed by atoms with Crippen molar-refractivity contribution in [3.8, 4) is 5.75 Å². The van der Waals surface area contributed by atoms with Crippen LogP contribution in [0, 0.1) is 0 Å². The first-order chi connectivity index (χ1) is 11.2. The van der Waals surface area contributed by atoms with Crippen molar-refractivity contribution in [2.24, 2.45) is 0 Å². The summed E-state index contributed by atoms with van der Waals surface area (Å²) in [7, 11) is 0. The number of benzene rings is 2. The Hall–Kier alpha value is -2.29. The first-order valence-corrected chi connectivity index (χ1v) is 8.32.